The maximum atomic E-state index is 5.89. The summed E-state index contributed by atoms with van der Waals surface area (Å²) in [7, 11) is 1.68. The molecule has 2 rings (SSSR count). The van der Waals surface area contributed by atoms with E-state index in [1.54, 1.807) is 12.6 Å². The average Bonchev–Trinajstić information content (AvgIpc) is 2.67. The van der Waals surface area contributed by atoms with E-state index in [9.17, 15) is 0 Å². The van der Waals surface area contributed by atoms with Gasteiger partial charge in [-0.1, -0.05) is 0 Å². The number of nitrogen functional groups attached to an aromatic ring is 1. The Morgan fingerprint density at radius 1 is 1.25 bits per heavy atom. The first kappa shape index (κ1) is 11.0. The molecule has 3 nitrogen and oxygen atoms in total. The lowest BCUT2D eigenvalue weighted by molar-refractivity contribution is 0.411. The van der Waals surface area contributed by atoms with Gasteiger partial charge in [-0.3, -0.25) is 0 Å². The second-order valence-electron chi connectivity index (χ2n) is 3.70. The van der Waals surface area contributed by atoms with Gasteiger partial charge in [0.05, 0.1) is 12.6 Å². The average molecular weight is 234 g/mol. The Morgan fingerprint density at radius 2 is 2.00 bits per heavy atom. The summed E-state index contributed by atoms with van der Waals surface area (Å²) < 4.78 is 5.28. The van der Waals surface area contributed by atoms with Crippen molar-refractivity contribution < 1.29 is 4.74 Å². The van der Waals surface area contributed by atoms with Crippen LogP contribution in [-0.4, -0.2) is 12.1 Å². The van der Waals surface area contributed by atoms with E-state index in [4.69, 9.17) is 10.5 Å². The molecule has 0 saturated heterocycles. The van der Waals surface area contributed by atoms with Crippen molar-refractivity contribution in [2.24, 2.45) is 0 Å². The second kappa shape index (κ2) is 4.14. The fourth-order valence-electron chi connectivity index (χ4n) is 1.72. The van der Waals surface area contributed by atoms with E-state index in [1.807, 2.05) is 19.9 Å². The molecule has 0 aliphatic heterocycles. The SMILES string of the molecule is COc1cc(C)c(-c2ncsc2N)cc1C. The van der Waals surface area contributed by atoms with Crippen LogP contribution < -0.4 is 10.5 Å². The first-order chi connectivity index (χ1) is 7.63. The largest absolute Gasteiger partial charge is 0.496 e. The molecule has 0 fully saturated rings. The van der Waals surface area contributed by atoms with Crippen LogP contribution >= 0.6 is 11.3 Å². The van der Waals surface area contributed by atoms with Gasteiger partial charge in [0.1, 0.15) is 16.4 Å². The van der Waals surface area contributed by atoms with Crippen molar-refractivity contribution in [3.05, 3.63) is 28.8 Å². The zero-order valence-corrected chi connectivity index (χ0v) is 10.4. The van der Waals surface area contributed by atoms with Crippen molar-refractivity contribution in [2.75, 3.05) is 12.8 Å². The number of nitrogens with two attached hydrogens (primary N) is 1. The predicted molar refractivity (Wildman–Crippen MR) is 68.0 cm³/mol. The molecule has 0 atom stereocenters. The summed E-state index contributed by atoms with van der Waals surface area (Å²) in [5.41, 5.74) is 11.8. The van der Waals surface area contributed by atoms with Gasteiger partial charge in [0, 0.05) is 5.56 Å². The maximum Gasteiger partial charge on any atom is 0.122 e. The van der Waals surface area contributed by atoms with Crippen molar-refractivity contribution in [1.29, 1.82) is 0 Å². The molecule has 0 saturated carbocycles. The number of hydrogen-bond acceptors (Lipinski definition) is 4. The van der Waals surface area contributed by atoms with E-state index < -0.39 is 0 Å². The number of nitrogens with zero attached hydrogens (tertiary/aromatic N) is 1. The van der Waals surface area contributed by atoms with Crippen LogP contribution in [0.15, 0.2) is 17.6 Å². The Morgan fingerprint density at radius 3 is 2.56 bits per heavy atom. The molecule has 0 aliphatic carbocycles. The summed E-state index contributed by atoms with van der Waals surface area (Å²) in [6, 6.07) is 4.09. The number of aryl methyl sites for hydroxylation is 2. The summed E-state index contributed by atoms with van der Waals surface area (Å²) in [4.78, 5) is 4.30. The predicted octanol–water partition coefficient (Wildman–Crippen LogP) is 3.02. The van der Waals surface area contributed by atoms with E-state index in [1.165, 1.54) is 11.3 Å². The third kappa shape index (κ3) is 1.76. The lowest BCUT2D eigenvalue weighted by Gasteiger charge is -2.10. The number of methoxy groups -OCH3 is 1. The number of ether oxygens (including phenoxy) is 1. The summed E-state index contributed by atoms with van der Waals surface area (Å²) in [5.74, 6) is 0.898. The molecule has 0 spiro atoms. The first-order valence-electron chi connectivity index (χ1n) is 4.98. The van der Waals surface area contributed by atoms with E-state index in [0.29, 0.717) is 0 Å². The number of anilines is 1. The molecule has 1 aromatic heterocycles. The number of thiazole rings is 1. The van der Waals surface area contributed by atoms with Crippen LogP contribution in [0.25, 0.3) is 11.3 Å². The zero-order valence-electron chi connectivity index (χ0n) is 9.57. The molecule has 1 aromatic carbocycles. The molecule has 2 aromatic rings. The molecule has 84 valence electrons. The van der Waals surface area contributed by atoms with E-state index in [0.717, 1.165) is 33.1 Å². The molecular formula is C12H14N2OS. The van der Waals surface area contributed by atoms with Crippen LogP contribution in [0.5, 0.6) is 5.75 Å². The lowest BCUT2D eigenvalue weighted by atomic mass is 10.0. The summed E-state index contributed by atoms with van der Waals surface area (Å²) in [6.45, 7) is 4.06. The summed E-state index contributed by atoms with van der Waals surface area (Å²) in [5, 5.41) is 0.757. The second-order valence-corrected chi connectivity index (χ2v) is 4.59. The Bertz CT molecular complexity index is 520. The molecule has 0 radical (unpaired) electrons. The molecule has 0 amide bonds. The first-order valence-corrected chi connectivity index (χ1v) is 5.86. The number of benzene rings is 1. The quantitative estimate of drug-likeness (QED) is 0.869. The van der Waals surface area contributed by atoms with E-state index >= 15 is 0 Å². The summed E-state index contributed by atoms with van der Waals surface area (Å²) in [6.07, 6.45) is 0. The smallest absolute Gasteiger partial charge is 0.122 e. The molecular weight excluding hydrogens is 220 g/mol. The fraction of sp³-hybridized carbons (Fsp3) is 0.250. The molecule has 1 heterocycles. The van der Waals surface area contributed by atoms with Crippen LogP contribution in [0.4, 0.5) is 5.00 Å². The van der Waals surface area contributed by atoms with Gasteiger partial charge < -0.3 is 10.5 Å². The van der Waals surface area contributed by atoms with Gasteiger partial charge in [0.25, 0.3) is 0 Å². The van der Waals surface area contributed by atoms with Crippen LogP contribution in [0.2, 0.25) is 0 Å². The molecule has 0 bridgehead atoms. The maximum absolute atomic E-state index is 5.89. The van der Waals surface area contributed by atoms with Crippen molar-refractivity contribution in [1.82, 2.24) is 4.98 Å². The van der Waals surface area contributed by atoms with Gasteiger partial charge in [0.15, 0.2) is 0 Å². The topological polar surface area (TPSA) is 48.1 Å². The Balaban J connectivity index is 2.59. The number of rotatable bonds is 2. The van der Waals surface area contributed by atoms with E-state index in [2.05, 4.69) is 11.1 Å². The molecule has 4 heteroatoms. The van der Waals surface area contributed by atoms with Crippen LogP contribution in [-0.2, 0) is 0 Å². The van der Waals surface area contributed by atoms with Crippen molar-refractivity contribution in [3.63, 3.8) is 0 Å². The highest BCUT2D eigenvalue weighted by Crippen LogP contribution is 2.33. The third-order valence-electron chi connectivity index (χ3n) is 2.59. The highest BCUT2D eigenvalue weighted by atomic mass is 32.1. The van der Waals surface area contributed by atoms with E-state index in [-0.39, 0.29) is 0 Å². The standard InChI is InChI=1S/C12H14N2OS/c1-7-5-10(15-3)8(2)4-9(7)11-12(13)16-6-14-11/h4-6H,13H2,1-3H3. The van der Waals surface area contributed by atoms with Crippen LogP contribution in [0, 0.1) is 13.8 Å². The highest BCUT2D eigenvalue weighted by molar-refractivity contribution is 7.14. The van der Waals surface area contributed by atoms with Crippen molar-refractivity contribution in [2.45, 2.75) is 13.8 Å². The number of aromatic nitrogens is 1. The molecule has 2 N–H and O–H groups in total. The van der Waals surface area contributed by atoms with Gasteiger partial charge >= 0.3 is 0 Å². The third-order valence-corrected chi connectivity index (χ3v) is 3.25. The zero-order chi connectivity index (χ0) is 11.7. The van der Waals surface area contributed by atoms with Gasteiger partial charge in [-0.25, -0.2) is 4.98 Å². The lowest BCUT2D eigenvalue weighted by Crippen LogP contribution is -1.93. The van der Waals surface area contributed by atoms with Crippen molar-refractivity contribution in [3.8, 4) is 17.0 Å². The van der Waals surface area contributed by atoms with Gasteiger partial charge in [-0.05, 0) is 37.1 Å². The highest BCUT2D eigenvalue weighted by Gasteiger charge is 2.11. The van der Waals surface area contributed by atoms with Crippen LogP contribution in [0.1, 0.15) is 11.1 Å². The Labute approximate surface area is 98.9 Å². The minimum absolute atomic E-state index is 0.757. The monoisotopic (exact) mass is 234 g/mol. The van der Waals surface area contributed by atoms with Gasteiger partial charge in [0.2, 0.25) is 0 Å². The fourth-order valence-corrected chi connectivity index (χ4v) is 2.27. The molecule has 16 heavy (non-hydrogen) atoms. The normalized spacial score (nSPS) is 10.4. The minimum atomic E-state index is 0.757. The number of hydrogen-bond donors (Lipinski definition) is 1. The minimum Gasteiger partial charge on any atom is -0.496 e. The summed E-state index contributed by atoms with van der Waals surface area (Å²) >= 11 is 1.46. The Kier molecular flexibility index (Phi) is 2.83. The molecule has 0 aliphatic rings. The van der Waals surface area contributed by atoms with Gasteiger partial charge in [-0.15, -0.1) is 11.3 Å². The van der Waals surface area contributed by atoms with Crippen molar-refractivity contribution >= 4 is 16.3 Å². The van der Waals surface area contributed by atoms with Crippen LogP contribution in [0.3, 0.4) is 0 Å². The van der Waals surface area contributed by atoms with Gasteiger partial charge in [-0.2, -0.15) is 0 Å². The Hall–Kier alpha value is -1.55. The molecule has 0 unspecified atom stereocenters.